The zero-order valence-corrected chi connectivity index (χ0v) is 18.2. The second kappa shape index (κ2) is 9.11. The van der Waals surface area contributed by atoms with E-state index in [0.29, 0.717) is 39.8 Å². The van der Waals surface area contributed by atoms with Crippen molar-refractivity contribution in [1.82, 2.24) is 9.97 Å². The molecule has 34 heavy (non-hydrogen) atoms. The van der Waals surface area contributed by atoms with Crippen molar-refractivity contribution < 1.29 is 27.5 Å². The fourth-order valence-electron chi connectivity index (χ4n) is 3.19. The summed E-state index contributed by atoms with van der Waals surface area (Å²) >= 11 is 5.59. The van der Waals surface area contributed by atoms with Crippen LogP contribution in [0.3, 0.4) is 0 Å². The number of nitrogens with one attached hydrogen (secondary N) is 1. The van der Waals surface area contributed by atoms with Gasteiger partial charge in [-0.2, -0.15) is 13.2 Å². The Morgan fingerprint density at radius 2 is 1.59 bits per heavy atom. The predicted octanol–water partition coefficient (Wildman–Crippen LogP) is 5.79. The summed E-state index contributed by atoms with van der Waals surface area (Å²) in [5.74, 6) is -0.708. The average Bonchev–Trinajstić information content (AvgIpc) is 2.82. The van der Waals surface area contributed by atoms with Crippen LogP contribution in [-0.4, -0.2) is 28.8 Å². The van der Waals surface area contributed by atoms with E-state index in [-0.39, 0.29) is 11.3 Å². The number of amides is 1. The zero-order chi connectivity index (χ0) is 24.5. The maximum Gasteiger partial charge on any atom is 0.417 e. The quantitative estimate of drug-likeness (QED) is 0.362. The van der Waals surface area contributed by atoms with E-state index < -0.39 is 22.7 Å². The average molecular weight is 486 g/mol. The van der Waals surface area contributed by atoms with Gasteiger partial charge in [-0.05, 0) is 60.7 Å². The molecule has 0 aliphatic rings. The fourth-order valence-corrected chi connectivity index (χ4v) is 3.42. The molecule has 3 aromatic carbocycles. The van der Waals surface area contributed by atoms with Gasteiger partial charge in [-0.3, -0.25) is 9.59 Å². The summed E-state index contributed by atoms with van der Waals surface area (Å²) in [6, 6.07) is 13.8. The highest BCUT2D eigenvalue weighted by Gasteiger charge is 2.33. The summed E-state index contributed by atoms with van der Waals surface area (Å²) in [6.07, 6.45) is -3.21. The molecule has 0 aliphatic heterocycles. The molecule has 4 aromatic rings. The Labute approximate surface area is 196 Å². The number of fused-ring (bicyclic) bond motifs is 1. The molecule has 6 nitrogen and oxygen atoms in total. The van der Waals surface area contributed by atoms with Crippen molar-refractivity contribution in [2.75, 3.05) is 12.4 Å². The molecule has 172 valence electrons. The maximum atomic E-state index is 13.0. The Balaban J connectivity index is 1.52. The topological polar surface area (TPSA) is 81.2 Å². The van der Waals surface area contributed by atoms with Crippen LogP contribution in [-0.2, 0) is 6.18 Å². The first-order chi connectivity index (χ1) is 16.2. The van der Waals surface area contributed by atoms with E-state index in [0.717, 1.165) is 6.07 Å². The summed E-state index contributed by atoms with van der Waals surface area (Å²) in [4.78, 5) is 33.8. The van der Waals surface area contributed by atoms with E-state index in [4.69, 9.17) is 16.3 Å². The van der Waals surface area contributed by atoms with Gasteiger partial charge in [-0.15, -0.1) is 0 Å². The Morgan fingerprint density at radius 1 is 0.912 bits per heavy atom. The number of alkyl halides is 3. The number of aromatic nitrogens is 2. The van der Waals surface area contributed by atoms with Gasteiger partial charge >= 0.3 is 6.18 Å². The summed E-state index contributed by atoms with van der Waals surface area (Å²) in [5, 5.41) is 2.01. The van der Waals surface area contributed by atoms with Crippen molar-refractivity contribution in [2.24, 2.45) is 0 Å². The molecule has 4 rings (SSSR count). The number of anilines is 1. The Hall–Kier alpha value is -3.98. The third-order valence-electron chi connectivity index (χ3n) is 4.93. The molecule has 1 N–H and O–H groups in total. The molecule has 1 aromatic heterocycles. The zero-order valence-electron chi connectivity index (χ0n) is 17.5. The molecule has 0 aliphatic carbocycles. The number of ether oxygens (including phenoxy) is 1. The predicted molar refractivity (Wildman–Crippen MR) is 120 cm³/mol. The largest absolute Gasteiger partial charge is 0.480 e. The third-order valence-corrected chi connectivity index (χ3v) is 5.26. The van der Waals surface area contributed by atoms with Crippen LogP contribution in [0.15, 0.2) is 66.9 Å². The number of carbonyl (C=O) groups is 2. The molecule has 0 saturated carbocycles. The van der Waals surface area contributed by atoms with Gasteiger partial charge in [0.25, 0.3) is 5.91 Å². The van der Waals surface area contributed by atoms with Gasteiger partial charge in [-0.25, -0.2) is 9.97 Å². The second-order valence-electron chi connectivity index (χ2n) is 7.17. The van der Waals surface area contributed by atoms with Crippen LogP contribution in [0, 0.1) is 0 Å². The number of ketones is 1. The number of carbonyl (C=O) groups excluding carboxylic acids is 2. The minimum atomic E-state index is -4.69. The Morgan fingerprint density at radius 3 is 2.26 bits per heavy atom. The number of rotatable bonds is 5. The standard InChI is InChI=1S/C24H15ClF3N3O3/c1-34-21-12-29-19-9-5-14(11-20(19)31-21)22(32)13-2-6-16(7-3-13)30-23(33)15-4-8-18(25)17(10-15)24(26,27)28/h2-12H,1H3,(H,30,33). The molecule has 0 radical (unpaired) electrons. The summed E-state index contributed by atoms with van der Waals surface area (Å²) in [5.41, 5.74) is 0.831. The summed E-state index contributed by atoms with van der Waals surface area (Å²) in [7, 11) is 1.47. The number of hydrogen-bond acceptors (Lipinski definition) is 5. The molecule has 10 heteroatoms. The highest BCUT2D eigenvalue weighted by molar-refractivity contribution is 6.31. The second-order valence-corrected chi connectivity index (χ2v) is 7.58. The minimum Gasteiger partial charge on any atom is -0.480 e. The lowest BCUT2D eigenvalue weighted by atomic mass is 10.0. The number of halogens is 4. The van der Waals surface area contributed by atoms with Gasteiger partial charge in [0.05, 0.1) is 34.9 Å². The first kappa shape index (κ1) is 23.2. The lowest BCUT2D eigenvalue weighted by molar-refractivity contribution is -0.137. The molecule has 1 amide bonds. The first-order valence-electron chi connectivity index (χ1n) is 9.79. The fraction of sp³-hybridized carbons (Fsp3) is 0.0833. The third kappa shape index (κ3) is 4.84. The number of benzene rings is 3. The van der Waals surface area contributed by atoms with Gasteiger partial charge < -0.3 is 10.1 Å². The molecular formula is C24H15ClF3N3O3. The van der Waals surface area contributed by atoms with Gasteiger partial charge in [-0.1, -0.05) is 11.6 Å². The van der Waals surface area contributed by atoms with Crippen molar-refractivity contribution in [2.45, 2.75) is 6.18 Å². The summed E-state index contributed by atoms with van der Waals surface area (Å²) in [6.45, 7) is 0. The van der Waals surface area contributed by atoms with Crippen LogP contribution in [0.2, 0.25) is 5.02 Å². The molecule has 1 heterocycles. The molecule has 0 bridgehead atoms. The lowest BCUT2D eigenvalue weighted by Gasteiger charge is -2.11. The van der Waals surface area contributed by atoms with E-state index in [9.17, 15) is 22.8 Å². The van der Waals surface area contributed by atoms with Crippen molar-refractivity contribution in [3.8, 4) is 5.88 Å². The van der Waals surface area contributed by atoms with Crippen LogP contribution >= 0.6 is 11.6 Å². The van der Waals surface area contributed by atoms with E-state index in [1.165, 1.54) is 43.6 Å². The first-order valence-corrected chi connectivity index (χ1v) is 10.2. The number of methoxy groups -OCH3 is 1. The van der Waals surface area contributed by atoms with Crippen LogP contribution in [0.5, 0.6) is 5.88 Å². The van der Waals surface area contributed by atoms with Crippen LogP contribution in [0.25, 0.3) is 11.0 Å². The van der Waals surface area contributed by atoms with Gasteiger partial charge in [0.2, 0.25) is 5.88 Å². The minimum absolute atomic E-state index is 0.204. The molecule has 0 saturated heterocycles. The van der Waals surface area contributed by atoms with Gasteiger partial charge in [0, 0.05) is 22.4 Å². The SMILES string of the molecule is COc1cnc2ccc(C(=O)c3ccc(NC(=O)c4ccc(Cl)c(C(F)(F)F)c4)cc3)cc2n1. The lowest BCUT2D eigenvalue weighted by Crippen LogP contribution is -2.14. The van der Waals surface area contributed by atoms with Crippen LogP contribution < -0.4 is 10.1 Å². The highest BCUT2D eigenvalue weighted by Crippen LogP contribution is 2.35. The molecule has 0 unspecified atom stereocenters. The van der Waals surface area contributed by atoms with E-state index in [1.54, 1.807) is 18.2 Å². The summed E-state index contributed by atoms with van der Waals surface area (Å²) < 4.78 is 44.2. The highest BCUT2D eigenvalue weighted by atomic mass is 35.5. The number of nitrogens with zero attached hydrogens (tertiary/aromatic N) is 2. The van der Waals surface area contributed by atoms with Crippen molar-refractivity contribution in [3.05, 3.63) is 94.1 Å². The molecule has 0 spiro atoms. The van der Waals surface area contributed by atoms with E-state index in [2.05, 4.69) is 15.3 Å². The van der Waals surface area contributed by atoms with Gasteiger partial charge in [0.15, 0.2) is 5.78 Å². The molecule has 0 atom stereocenters. The number of hydrogen-bond donors (Lipinski definition) is 1. The van der Waals surface area contributed by atoms with Crippen molar-refractivity contribution >= 4 is 40.0 Å². The Bertz CT molecular complexity index is 1410. The Kier molecular flexibility index (Phi) is 6.21. The smallest absolute Gasteiger partial charge is 0.417 e. The molecule has 0 fully saturated rings. The normalized spacial score (nSPS) is 11.3. The monoisotopic (exact) mass is 485 g/mol. The van der Waals surface area contributed by atoms with Crippen LogP contribution in [0.1, 0.15) is 31.8 Å². The van der Waals surface area contributed by atoms with E-state index in [1.807, 2.05) is 0 Å². The maximum absolute atomic E-state index is 13.0. The van der Waals surface area contributed by atoms with Crippen molar-refractivity contribution in [3.63, 3.8) is 0 Å². The van der Waals surface area contributed by atoms with Gasteiger partial charge in [0.1, 0.15) is 0 Å². The van der Waals surface area contributed by atoms with Crippen molar-refractivity contribution in [1.29, 1.82) is 0 Å². The van der Waals surface area contributed by atoms with E-state index >= 15 is 0 Å². The van der Waals surface area contributed by atoms with Crippen LogP contribution in [0.4, 0.5) is 18.9 Å². The molecular weight excluding hydrogens is 471 g/mol.